The van der Waals surface area contributed by atoms with Crippen molar-refractivity contribution in [2.75, 3.05) is 6.54 Å². The Hall–Kier alpha value is -1.52. The van der Waals surface area contributed by atoms with Gasteiger partial charge in [0.25, 0.3) is 0 Å². The van der Waals surface area contributed by atoms with Crippen LogP contribution in [0.1, 0.15) is 12.5 Å². The molecular formula is C13H13Cl2NO3. The minimum Gasteiger partial charge on any atom is -0.481 e. The molecule has 0 aliphatic carbocycles. The predicted octanol–water partition coefficient (Wildman–Crippen LogP) is 2.84. The monoisotopic (exact) mass is 301 g/mol. The third kappa shape index (κ3) is 5.32. The number of halogens is 2. The van der Waals surface area contributed by atoms with Crippen LogP contribution in [0.15, 0.2) is 24.3 Å². The number of amides is 1. The third-order valence-corrected chi connectivity index (χ3v) is 2.96. The molecule has 1 atom stereocenters. The second kappa shape index (κ2) is 7.16. The van der Waals surface area contributed by atoms with Gasteiger partial charge in [0.1, 0.15) is 0 Å². The molecule has 0 saturated carbocycles. The van der Waals surface area contributed by atoms with E-state index in [0.717, 1.165) is 0 Å². The van der Waals surface area contributed by atoms with E-state index in [4.69, 9.17) is 28.3 Å². The van der Waals surface area contributed by atoms with E-state index >= 15 is 0 Å². The lowest BCUT2D eigenvalue weighted by atomic mass is 10.2. The summed E-state index contributed by atoms with van der Waals surface area (Å²) in [6.07, 6.45) is 2.81. The summed E-state index contributed by atoms with van der Waals surface area (Å²) in [6, 6.07) is 4.91. The zero-order valence-electron chi connectivity index (χ0n) is 10.2. The molecule has 0 radical (unpaired) electrons. The summed E-state index contributed by atoms with van der Waals surface area (Å²) in [6.45, 7) is 1.59. The van der Waals surface area contributed by atoms with Crippen molar-refractivity contribution in [2.24, 2.45) is 5.92 Å². The Morgan fingerprint density at radius 1 is 1.42 bits per heavy atom. The molecule has 0 spiro atoms. The Morgan fingerprint density at radius 2 is 2.11 bits per heavy atom. The van der Waals surface area contributed by atoms with E-state index < -0.39 is 11.9 Å². The second-order valence-electron chi connectivity index (χ2n) is 3.98. The van der Waals surface area contributed by atoms with Gasteiger partial charge in [-0.15, -0.1) is 0 Å². The molecule has 1 amide bonds. The minimum absolute atomic E-state index is 0.0712. The average molecular weight is 302 g/mol. The minimum atomic E-state index is -0.956. The SMILES string of the molecule is CC(CNC(=O)/C=C/c1cc(Cl)ccc1Cl)C(=O)O. The summed E-state index contributed by atoms with van der Waals surface area (Å²) in [4.78, 5) is 22.0. The van der Waals surface area contributed by atoms with Crippen molar-refractivity contribution in [1.29, 1.82) is 0 Å². The Kier molecular flexibility index (Phi) is 5.86. The van der Waals surface area contributed by atoms with Gasteiger partial charge in [0, 0.05) is 22.7 Å². The van der Waals surface area contributed by atoms with Crippen molar-refractivity contribution in [3.05, 3.63) is 39.9 Å². The fourth-order valence-electron chi connectivity index (χ4n) is 1.21. The lowest BCUT2D eigenvalue weighted by Crippen LogP contribution is -2.30. The van der Waals surface area contributed by atoms with Crippen molar-refractivity contribution in [1.82, 2.24) is 5.32 Å². The van der Waals surface area contributed by atoms with Gasteiger partial charge < -0.3 is 10.4 Å². The van der Waals surface area contributed by atoms with E-state index in [9.17, 15) is 9.59 Å². The van der Waals surface area contributed by atoms with Crippen molar-refractivity contribution in [3.8, 4) is 0 Å². The number of hydrogen-bond donors (Lipinski definition) is 2. The smallest absolute Gasteiger partial charge is 0.308 e. The van der Waals surface area contributed by atoms with Crippen LogP contribution in [0, 0.1) is 5.92 Å². The topological polar surface area (TPSA) is 66.4 Å². The largest absolute Gasteiger partial charge is 0.481 e. The highest BCUT2D eigenvalue weighted by atomic mass is 35.5. The Bertz CT molecular complexity index is 515. The maximum atomic E-state index is 11.5. The van der Waals surface area contributed by atoms with Crippen LogP contribution in [0.4, 0.5) is 0 Å². The van der Waals surface area contributed by atoms with Crippen LogP contribution in [-0.4, -0.2) is 23.5 Å². The third-order valence-electron chi connectivity index (χ3n) is 2.38. The van der Waals surface area contributed by atoms with Crippen LogP contribution in [-0.2, 0) is 9.59 Å². The standard InChI is InChI=1S/C13H13Cl2NO3/c1-8(13(18)19)7-16-12(17)5-2-9-6-10(14)3-4-11(9)15/h2-6,8H,7H2,1H3,(H,16,17)(H,18,19)/b5-2+. The fraction of sp³-hybridized carbons (Fsp3) is 0.231. The molecule has 0 aliphatic heterocycles. The van der Waals surface area contributed by atoms with Gasteiger partial charge in [0.15, 0.2) is 0 Å². The quantitative estimate of drug-likeness (QED) is 0.822. The summed E-state index contributed by atoms with van der Waals surface area (Å²) in [5.41, 5.74) is 0.621. The van der Waals surface area contributed by atoms with Crippen LogP contribution >= 0.6 is 23.2 Å². The molecule has 6 heteroatoms. The average Bonchev–Trinajstić information content (AvgIpc) is 2.36. The van der Waals surface area contributed by atoms with Crippen LogP contribution in [0.5, 0.6) is 0 Å². The molecule has 4 nitrogen and oxygen atoms in total. The molecule has 0 aliphatic rings. The van der Waals surface area contributed by atoms with Crippen molar-refractivity contribution >= 4 is 41.2 Å². The maximum absolute atomic E-state index is 11.5. The number of aliphatic carboxylic acids is 1. The summed E-state index contributed by atoms with van der Waals surface area (Å²) in [5, 5.41) is 12.2. The molecule has 1 aromatic rings. The van der Waals surface area contributed by atoms with Crippen LogP contribution in [0.25, 0.3) is 6.08 Å². The van der Waals surface area contributed by atoms with Gasteiger partial charge in [-0.1, -0.05) is 30.1 Å². The first-order valence-corrected chi connectivity index (χ1v) is 6.29. The number of rotatable bonds is 5. The van der Waals surface area contributed by atoms with Gasteiger partial charge in [0.2, 0.25) is 5.91 Å². The zero-order valence-corrected chi connectivity index (χ0v) is 11.7. The molecule has 1 unspecified atom stereocenters. The van der Waals surface area contributed by atoms with Crippen LogP contribution in [0.2, 0.25) is 10.0 Å². The first-order valence-electron chi connectivity index (χ1n) is 5.54. The van der Waals surface area contributed by atoms with Gasteiger partial charge in [-0.05, 0) is 29.8 Å². The van der Waals surface area contributed by atoms with Gasteiger partial charge in [-0.2, -0.15) is 0 Å². The van der Waals surface area contributed by atoms with Gasteiger partial charge in [0.05, 0.1) is 5.92 Å². The highest BCUT2D eigenvalue weighted by Crippen LogP contribution is 2.21. The molecule has 102 valence electrons. The molecule has 0 saturated heterocycles. The van der Waals surface area contributed by atoms with Gasteiger partial charge >= 0.3 is 5.97 Å². The summed E-state index contributed by atoms with van der Waals surface area (Å²) in [7, 11) is 0. The molecular weight excluding hydrogens is 289 g/mol. The fourth-order valence-corrected chi connectivity index (χ4v) is 1.57. The summed E-state index contributed by atoms with van der Waals surface area (Å²) in [5.74, 6) is -1.97. The summed E-state index contributed by atoms with van der Waals surface area (Å²) < 4.78 is 0. The van der Waals surface area contributed by atoms with E-state index in [1.165, 1.54) is 19.1 Å². The van der Waals surface area contributed by atoms with Crippen LogP contribution in [0.3, 0.4) is 0 Å². The van der Waals surface area contributed by atoms with Crippen molar-refractivity contribution in [3.63, 3.8) is 0 Å². The number of benzene rings is 1. The molecule has 0 fully saturated rings. The Balaban J connectivity index is 2.59. The second-order valence-corrected chi connectivity index (χ2v) is 4.83. The highest BCUT2D eigenvalue weighted by Gasteiger charge is 2.10. The number of carboxylic acid groups (broad SMARTS) is 1. The number of carbonyl (C=O) groups is 2. The molecule has 2 N–H and O–H groups in total. The van der Waals surface area contributed by atoms with E-state index in [-0.39, 0.29) is 12.5 Å². The number of carboxylic acids is 1. The van der Waals surface area contributed by atoms with E-state index in [0.29, 0.717) is 15.6 Å². The number of hydrogen-bond acceptors (Lipinski definition) is 2. The van der Waals surface area contributed by atoms with E-state index in [1.807, 2.05) is 0 Å². The van der Waals surface area contributed by atoms with Crippen LogP contribution < -0.4 is 5.32 Å². The zero-order chi connectivity index (χ0) is 14.4. The predicted molar refractivity (Wildman–Crippen MR) is 75.3 cm³/mol. The molecule has 0 bridgehead atoms. The van der Waals surface area contributed by atoms with E-state index in [2.05, 4.69) is 5.32 Å². The summed E-state index contributed by atoms with van der Waals surface area (Å²) >= 11 is 11.7. The Morgan fingerprint density at radius 3 is 2.74 bits per heavy atom. The van der Waals surface area contributed by atoms with Gasteiger partial charge in [-0.25, -0.2) is 0 Å². The molecule has 0 heterocycles. The molecule has 0 aromatic heterocycles. The van der Waals surface area contributed by atoms with Gasteiger partial charge in [-0.3, -0.25) is 9.59 Å². The molecule has 1 aromatic carbocycles. The lowest BCUT2D eigenvalue weighted by Gasteiger charge is -2.06. The first kappa shape index (κ1) is 15.5. The van der Waals surface area contributed by atoms with E-state index in [1.54, 1.807) is 18.2 Å². The molecule has 1 rings (SSSR count). The number of nitrogens with one attached hydrogen (secondary N) is 1. The first-order chi connectivity index (χ1) is 8.90. The highest BCUT2D eigenvalue weighted by molar-refractivity contribution is 6.34. The maximum Gasteiger partial charge on any atom is 0.308 e. The Labute approximate surface area is 121 Å². The molecule has 19 heavy (non-hydrogen) atoms. The lowest BCUT2D eigenvalue weighted by molar-refractivity contribution is -0.141. The number of carbonyl (C=O) groups excluding carboxylic acids is 1. The normalized spacial score (nSPS) is 12.4. The van der Waals surface area contributed by atoms with Crippen molar-refractivity contribution in [2.45, 2.75) is 6.92 Å². The van der Waals surface area contributed by atoms with Crippen molar-refractivity contribution < 1.29 is 14.7 Å².